The minimum absolute atomic E-state index is 0.198. The van der Waals surface area contributed by atoms with Crippen LogP contribution in [0.1, 0.15) is 44.2 Å². The van der Waals surface area contributed by atoms with E-state index in [-0.39, 0.29) is 6.04 Å². The van der Waals surface area contributed by atoms with Crippen molar-refractivity contribution in [1.82, 2.24) is 4.90 Å². The van der Waals surface area contributed by atoms with Crippen LogP contribution in [0.3, 0.4) is 0 Å². The number of phenolic OH excluding ortho intramolecular Hbond substituents is 1. The van der Waals surface area contributed by atoms with E-state index < -0.39 is 0 Å². The summed E-state index contributed by atoms with van der Waals surface area (Å²) in [6.45, 7) is 3.23. The molecule has 2 nitrogen and oxygen atoms in total. The van der Waals surface area contributed by atoms with Gasteiger partial charge in [-0.3, -0.25) is 4.90 Å². The van der Waals surface area contributed by atoms with Crippen molar-refractivity contribution in [3.8, 4) is 5.75 Å². The average molecular weight is 268 g/mol. The van der Waals surface area contributed by atoms with Gasteiger partial charge in [0.15, 0.2) is 0 Å². The molecule has 1 aliphatic carbocycles. The van der Waals surface area contributed by atoms with Crippen molar-refractivity contribution in [2.45, 2.75) is 38.6 Å². The van der Waals surface area contributed by atoms with Gasteiger partial charge in [0, 0.05) is 23.2 Å². The number of halogens is 1. The summed E-state index contributed by atoms with van der Waals surface area (Å²) in [4.78, 5) is 2.32. The molecule has 1 N–H and O–H groups in total. The highest BCUT2D eigenvalue weighted by molar-refractivity contribution is 6.30. The summed E-state index contributed by atoms with van der Waals surface area (Å²) in [5.74, 6) is 1.16. The Morgan fingerprint density at radius 1 is 1.39 bits per heavy atom. The first-order valence-corrected chi connectivity index (χ1v) is 7.14. The van der Waals surface area contributed by atoms with Gasteiger partial charge in [0.25, 0.3) is 0 Å². The Morgan fingerprint density at radius 3 is 2.72 bits per heavy atom. The lowest BCUT2D eigenvalue weighted by molar-refractivity contribution is 0.218. The summed E-state index contributed by atoms with van der Waals surface area (Å²) in [5, 5.41) is 10.6. The lowest BCUT2D eigenvalue weighted by Gasteiger charge is -2.28. The van der Waals surface area contributed by atoms with Gasteiger partial charge in [0.2, 0.25) is 0 Å². The van der Waals surface area contributed by atoms with Crippen LogP contribution in [0.15, 0.2) is 18.2 Å². The van der Waals surface area contributed by atoms with Gasteiger partial charge in [0.05, 0.1) is 0 Å². The van der Waals surface area contributed by atoms with Crippen molar-refractivity contribution in [3.05, 3.63) is 28.8 Å². The van der Waals surface area contributed by atoms with Gasteiger partial charge in [-0.2, -0.15) is 0 Å². The first kappa shape index (κ1) is 13.7. The monoisotopic (exact) mass is 267 g/mol. The number of aromatic hydroxyl groups is 1. The number of hydrogen-bond acceptors (Lipinski definition) is 2. The fourth-order valence-electron chi connectivity index (χ4n) is 2.86. The van der Waals surface area contributed by atoms with Crippen LogP contribution in [0.4, 0.5) is 0 Å². The summed E-state index contributed by atoms with van der Waals surface area (Å²) in [6.07, 6.45) is 5.43. The lowest BCUT2D eigenvalue weighted by atomic mass is 10.0. The number of nitrogens with zero attached hydrogens (tertiary/aromatic N) is 1. The maximum atomic E-state index is 9.93. The Kier molecular flexibility index (Phi) is 4.52. The third-order valence-electron chi connectivity index (χ3n) is 4.12. The molecule has 0 aliphatic heterocycles. The standard InChI is InChI=1S/C15H22ClNO/c1-11(14-9-13(16)7-8-15(14)18)17(2)10-12-5-3-4-6-12/h7-9,11-12,18H,3-6,10H2,1-2H3. The zero-order valence-electron chi connectivity index (χ0n) is 11.2. The van der Waals surface area contributed by atoms with Crippen LogP contribution in [0, 0.1) is 5.92 Å². The number of phenols is 1. The molecule has 0 bridgehead atoms. The molecule has 0 aromatic heterocycles. The molecule has 0 radical (unpaired) electrons. The fraction of sp³-hybridized carbons (Fsp3) is 0.600. The smallest absolute Gasteiger partial charge is 0.120 e. The van der Waals surface area contributed by atoms with E-state index in [1.165, 1.54) is 25.7 Å². The normalized spacial score (nSPS) is 18.4. The highest BCUT2D eigenvalue weighted by atomic mass is 35.5. The van der Waals surface area contributed by atoms with Crippen molar-refractivity contribution in [1.29, 1.82) is 0 Å². The number of hydrogen-bond donors (Lipinski definition) is 1. The molecule has 3 heteroatoms. The zero-order chi connectivity index (χ0) is 13.1. The molecule has 1 fully saturated rings. The quantitative estimate of drug-likeness (QED) is 0.883. The Morgan fingerprint density at radius 2 is 2.06 bits per heavy atom. The van der Waals surface area contributed by atoms with Gasteiger partial charge in [-0.05, 0) is 50.9 Å². The van der Waals surface area contributed by atoms with E-state index in [2.05, 4.69) is 18.9 Å². The van der Waals surface area contributed by atoms with Crippen LogP contribution < -0.4 is 0 Å². The largest absolute Gasteiger partial charge is 0.508 e. The third kappa shape index (κ3) is 3.18. The van der Waals surface area contributed by atoms with Gasteiger partial charge in [-0.1, -0.05) is 24.4 Å². The van der Waals surface area contributed by atoms with Crippen molar-refractivity contribution in [3.63, 3.8) is 0 Å². The van der Waals surface area contributed by atoms with Crippen LogP contribution in [-0.2, 0) is 0 Å². The summed E-state index contributed by atoms with van der Waals surface area (Å²) < 4.78 is 0. The Labute approximate surface area is 115 Å². The molecule has 0 spiro atoms. The fourth-order valence-corrected chi connectivity index (χ4v) is 3.04. The first-order chi connectivity index (χ1) is 8.58. The SMILES string of the molecule is CC(c1cc(Cl)ccc1O)N(C)CC1CCCC1. The zero-order valence-corrected chi connectivity index (χ0v) is 12.0. The van der Waals surface area contributed by atoms with Crippen molar-refractivity contribution in [2.24, 2.45) is 5.92 Å². The van der Waals surface area contributed by atoms with Crippen LogP contribution in [0.5, 0.6) is 5.75 Å². The van der Waals surface area contributed by atoms with Gasteiger partial charge < -0.3 is 5.11 Å². The lowest BCUT2D eigenvalue weighted by Crippen LogP contribution is -2.27. The summed E-state index contributed by atoms with van der Waals surface area (Å²) in [7, 11) is 2.13. The Bertz CT molecular complexity index is 401. The summed E-state index contributed by atoms with van der Waals surface area (Å²) in [6, 6.07) is 5.47. The second-order valence-corrected chi connectivity index (χ2v) is 5.91. The molecule has 1 saturated carbocycles. The molecule has 1 aromatic rings. The molecule has 1 aromatic carbocycles. The number of benzene rings is 1. The first-order valence-electron chi connectivity index (χ1n) is 6.76. The van der Waals surface area contributed by atoms with Gasteiger partial charge in [-0.15, -0.1) is 0 Å². The molecule has 100 valence electrons. The van der Waals surface area contributed by atoms with Crippen LogP contribution in [0.25, 0.3) is 0 Å². The van der Waals surface area contributed by atoms with Gasteiger partial charge in [-0.25, -0.2) is 0 Å². The molecule has 18 heavy (non-hydrogen) atoms. The van der Waals surface area contributed by atoms with Crippen molar-refractivity contribution in [2.75, 3.05) is 13.6 Å². The highest BCUT2D eigenvalue weighted by Crippen LogP contribution is 2.32. The van der Waals surface area contributed by atoms with E-state index >= 15 is 0 Å². The summed E-state index contributed by atoms with van der Waals surface area (Å²) in [5.41, 5.74) is 0.919. The van der Waals surface area contributed by atoms with E-state index in [9.17, 15) is 5.11 Å². The maximum absolute atomic E-state index is 9.93. The van der Waals surface area contributed by atoms with Gasteiger partial charge in [0.1, 0.15) is 5.75 Å². The molecule has 1 unspecified atom stereocenters. The molecular formula is C15H22ClNO. The molecular weight excluding hydrogens is 246 g/mol. The Hall–Kier alpha value is -0.730. The van der Waals surface area contributed by atoms with E-state index in [0.717, 1.165) is 18.0 Å². The Balaban J connectivity index is 2.04. The molecule has 1 aliphatic rings. The minimum atomic E-state index is 0.198. The van der Waals surface area contributed by atoms with E-state index in [1.54, 1.807) is 12.1 Å². The topological polar surface area (TPSA) is 23.5 Å². The van der Waals surface area contributed by atoms with E-state index in [0.29, 0.717) is 10.8 Å². The van der Waals surface area contributed by atoms with Gasteiger partial charge >= 0.3 is 0 Å². The van der Waals surface area contributed by atoms with Crippen LogP contribution >= 0.6 is 11.6 Å². The molecule has 2 rings (SSSR count). The molecule has 0 amide bonds. The highest BCUT2D eigenvalue weighted by Gasteiger charge is 2.21. The van der Waals surface area contributed by atoms with E-state index in [1.807, 2.05) is 6.07 Å². The predicted octanol–water partition coefficient (Wildman–Crippen LogP) is 4.23. The minimum Gasteiger partial charge on any atom is -0.508 e. The second-order valence-electron chi connectivity index (χ2n) is 5.47. The van der Waals surface area contributed by atoms with Crippen LogP contribution in [0.2, 0.25) is 5.02 Å². The van der Waals surface area contributed by atoms with E-state index in [4.69, 9.17) is 11.6 Å². The molecule has 1 atom stereocenters. The number of rotatable bonds is 4. The second kappa shape index (κ2) is 5.94. The molecule has 0 heterocycles. The average Bonchev–Trinajstić information content (AvgIpc) is 2.84. The maximum Gasteiger partial charge on any atom is 0.120 e. The molecule has 0 saturated heterocycles. The van der Waals surface area contributed by atoms with Crippen LogP contribution in [-0.4, -0.2) is 23.6 Å². The van der Waals surface area contributed by atoms with Crippen molar-refractivity contribution >= 4 is 11.6 Å². The third-order valence-corrected chi connectivity index (χ3v) is 4.36. The predicted molar refractivity (Wildman–Crippen MR) is 76.1 cm³/mol. The van der Waals surface area contributed by atoms with Crippen molar-refractivity contribution < 1.29 is 5.11 Å². The summed E-state index contributed by atoms with van der Waals surface area (Å²) >= 11 is 6.01.